The molecule has 1 aromatic rings. The first-order chi connectivity index (χ1) is 9.17. The largest absolute Gasteiger partial charge is 0.478 e. The van der Waals surface area contributed by atoms with Crippen LogP contribution in [0.4, 0.5) is 0 Å². The summed E-state index contributed by atoms with van der Waals surface area (Å²) in [5.41, 5.74) is 0.238. The van der Waals surface area contributed by atoms with Crippen LogP contribution in [0.1, 0.15) is 23.7 Å². The van der Waals surface area contributed by atoms with E-state index >= 15 is 0 Å². The van der Waals surface area contributed by atoms with Crippen molar-refractivity contribution < 1.29 is 9.90 Å². The minimum absolute atomic E-state index is 0.216. The Balaban J connectivity index is 2.12. The molecule has 0 aromatic carbocycles. The van der Waals surface area contributed by atoms with Crippen LogP contribution < -0.4 is 5.32 Å². The number of hydrogen-bond donors (Lipinski definition) is 2. The van der Waals surface area contributed by atoms with Crippen LogP contribution in [0, 0.1) is 0 Å². The molecule has 4 nitrogen and oxygen atoms in total. The number of nitrogens with zero attached hydrogens (tertiary/aromatic N) is 1. The van der Waals surface area contributed by atoms with Crippen molar-refractivity contribution >= 4 is 27.6 Å². The summed E-state index contributed by atoms with van der Waals surface area (Å²) in [4.78, 5) is 15.0. The molecule has 2 N–H and O–H groups in total. The van der Waals surface area contributed by atoms with Gasteiger partial charge in [-0.15, -0.1) is 0 Å². The lowest BCUT2D eigenvalue weighted by molar-refractivity contribution is 0.0692. The highest BCUT2D eigenvalue weighted by atomic mass is 33.1. The van der Waals surface area contributed by atoms with Crippen molar-refractivity contribution in [2.45, 2.75) is 23.2 Å². The SMILES string of the molecule is CCC1(SSc2ncccc2C(=O)O)C=CC=CN1. The molecule has 1 aliphatic rings. The molecule has 0 bridgehead atoms. The minimum atomic E-state index is -0.950. The molecule has 1 aliphatic heterocycles. The molecule has 2 rings (SSSR count). The van der Waals surface area contributed by atoms with E-state index in [-0.39, 0.29) is 10.4 Å². The summed E-state index contributed by atoms with van der Waals surface area (Å²) < 4.78 is 0. The average Bonchev–Trinajstić information content (AvgIpc) is 2.46. The van der Waals surface area contributed by atoms with Gasteiger partial charge in [0.05, 0.1) is 5.56 Å². The first-order valence-electron chi connectivity index (χ1n) is 5.83. The lowest BCUT2D eigenvalue weighted by atomic mass is 10.1. The third kappa shape index (κ3) is 3.33. The Hall–Kier alpha value is -1.40. The average molecular weight is 294 g/mol. The van der Waals surface area contributed by atoms with Crippen molar-refractivity contribution in [1.82, 2.24) is 10.3 Å². The van der Waals surface area contributed by atoms with Crippen LogP contribution in [-0.2, 0) is 0 Å². The van der Waals surface area contributed by atoms with Crippen LogP contribution in [0.15, 0.2) is 47.8 Å². The molecule has 100 valence electrons. The Labute approximate surface area is 119 Å². The molecule has 0 saturated heterocycles. The van der Waals surface area contributed by atoms with Gasteiger partial charge < -0.3 is 10.4 Å². The molecule has 1 atom stereocenters. The first-order valence-corrected chi connectivity index (χ1v) is 7.98. The summed E-state index contributed by atoms with van der Waals surface area (Å²) in [6.07, 6.45) is 10.4. The first kappa shape index (κ1) is 14.0. The van der Waals surface area contributed by atoms with Crippen molar-refractivity contribution in [3.05, 3.63) is 48.3 Å². The number of carbonyl (C=O) groups is 1. The van der Waals surface area contributed by atoms with Gasteiger partial charge in [0.1, 0.15) is 9.90 Å². The van der Waals surface area contributed by atoms with Gasteiger partial charge >= 0.3 is 5.97 Å². The molecule has 0 spiro atoms. The Morgan fingerprint density at radius 2 is 2.37 bits per heavy atom. The lowest BCUT2D eigenvalue weighted by Crippen LogP contribution is -2.36. The number of pyridine rings is 1. The molecular formula is C13H14N2O2S2. The molecular weight excluding hydrogens is 280 g/mol. The maximum atomic E-state index is 11.1. The number of aromatic carboxylic acids is 1. The predicted octanol–water partition coefficient (Wildman–Crippen LogP) is 3.30. The minimum Gasteiger partial charge on any atom is -0.478 e. The second kappa shape index (κ2) is 6.16. The van der Waals surface area contributed by atoms with Crippen LogP contribution in [0.3, 0.4) is 0 Å². The zero-order valence-electron chi connectivity index (χ0n) is 10.4. The highest BCUT2D eigenvalue weighted by Crippen LogP contribution is 2.43. The molecule has 0 amide bonds. The van der Waals surface area contributed by atoms with Crippen molar-refractivity contribution in [2.75, 3.05) is 0 Å². The second-order valence-corrected chi connectivity index (χ2v) is 6.38. The fourth-order valence-electron chi connectivity index (χ4n) is 1.57. The van der Waals surface area contributed by atoms with E-state index in [4.69, 9.17) is 5.11 Å². The maximum Gasteiger partial charge on any atom is 0.338 e. The normalized spacial score (nSPS) is 21.1. The van der Waals surface area contributed by atoms with Gasteiger partial charge in [0.15, 0.2) is 0 Å². The van der Waals surface area contributed by atoms with Gasteiger partial charge in [-0.05, 0) is 47.7 Å². The van der Waals surface area contributed by atoms with Gasteiger partial charge in [-0.3, -0.25) is 0 Å². The predicted molar refractivity (Wildman–Crippen MR) is 79.1 cm³/mol. The van der Waals surface area contributed by atoms with E-state index in [0.717, 1.165) is 6.42 Å². The van der Waals surface area contributed by atoms with Crippen molar-refractivity contribution in [1.29, 1.82) is 0 Å². The van der Waals surface area contributed by atoms with Gasteiger partial charge in [-0.1, -0.05) is 23.8 Å². The van der Waals surface area contributed by atoms with E-state index < -0.39 is 5.97 Å². The van der Waals surface area contributed by atoms with Crippen molar-refractivity contribution in [3.8, 4) is 0 Å². The summed E-state index contributed by atoms with van der Waals surface area (Å²) in [7, 11) is 2.95. The van der Waals surface area contributed by atoms with Crippen molar-refractivity contribution in [3.63, 3.8) is 0 Å². The standard InChI is InChI=1S/C13H14N2O2S2/c1-2-13(7-3-4-9-15-13)19-18-11-10(12(16)17)6-5-8-14-11/h3-9,15H,2H2,1H3,(H,16,17). The number of aromatic nitrogens is 1. The fraction of sp³-hybridized carbons (Fsp3) is 0.231. The highest BCUT2D eigenvalue weighted by Gasteiger charge is 2.27. The summed E-state index contributed by atoms with van der Waals surface area (Å²) in [5.74, 6) is -0.950. The summed E-state index contributed by atoms with van der Waals surface area (Å²) in [6, 6.07) is 3.20. The van der Waals surface area contributed by atoms with Gasteiger partial charge in [0.2, 0.25) is 0 Å². The molecule has 0 saturated carbocycles. The van der Waals surface area contributed by atoms with Crippen LogP contribution >= 0.6 is 21.6 Å². The summed E-state index contributed by atoms with van der Waals surface area (Å²) in [5, 5.41) is 12.9. The lowest BCUT2D eigenvalue weighted by Gasteiger charge is -2.30. The van der Waals surface area contributed by atoms with Gasteiger partial charge in [0.25, 0.3) is 0 Å². The monoisotopic (exact) mass is 294 g/mol. The van der Waals surface area contributed by atoms with E-state index in [2.05, 4.69) is 23.3 Å². The number of nitrogens with one attached hydrogen (secondary N) is 1. The van der Waals surface area contributed by atoms with Crippen LogP contribution in [0.2, 0.25) is 0 Å². The van der Waals surface area contributed by atoms with E-state index in [0.29, 0.717) is 5.03 Å². The third-order valence-corrected chi connectivity index (χ3v) is 5.72. The molecule has 2 heterocycles. The number of allylic oxidation sites excluding steroid dienone is 2. The van der Waals surface area contributed by atoms with Crippen molar-refractivity contribution in [2.24, 2.45) is 0 Å². The topological polar surface area (TPSA) is 62.2 Å². The summed E-state index contributed by atoms with van der Waals surface area (Å²) in [6.45, 7) is 2.08. The van der Waals surface area contributed by atoms with Gasteiger partial charge in [-0.2, -0.15) is 0 Å². The molecule has 0 radical (unpaired) electrons. The fourth-order valence-corrected chi connectivity index (χ4v) is 4.26. The Morgan fingerprint density at radius 1 is 1.53 bits per heavy atom. The molecule has 6 heteroatoms. The Morgan fingerprint density at radius 3 is 3.00 bits per heavy atom. The van der Waals surface area contributed by atoms with Crippen LogP contribution in [-0.4, -0.2) is 20.9 Å². The van der Waals surface area contributed by atoms with Gasteiger partial charge in [0, 0.05) is 6.20 Å². The second-order valence-electron chi connectivity index (χ2n) is 3.93. The molecule has 0 aliphatic carbocycles. The third-order valence-electron chi connectivity index (χ3n) is 2.70. The zero-order valence-corrected chi connectivity index (χ0v) is 12.0. The quantitative estimate of drug-likeness (QED) is 0.813. The van der Waals surface area contributed by atoms with E-state index in [1.54, 1.807) is 29.1 Å². The Kier molecular flexibility index (Phi) is 4.55. The van der Waals surface area contributed by atoms with E-state index in [9.17, 15) is 4.79 Å². The number of rotatable bonds is 5. The Bertz CT molecular complexity index is 531. The smallest absolute Gasteiger partial charge is 0.338 e. The highest BCUT2D eigenvalue weighted by molar-refractivity contribution is 8.77. The molecule has 1 aromatic heterocycles. The zero-order chi connectivity index (χ0) is 13.7. The molecule has 19 heavy (non-hydrogen) atoms. The number of carboxylic acid groups (broad SMARTS) is 1. The number of dihydropyridines is 1. The van der Waals surface area contributed by atoms with E-state index in [1.807, 2.05) is 18.4 Å². The van der Waals surface area contributed by atoms with Gasteiger partial charge in [-0.25, -0.2) is 9.78 Å². The number of carboxylic acids is 1. The maximum absolute atomic E-state index is 11.1. The number of hydrogen-bond acceptors (Lipinski definition) is 5. The van der Waals surface area contributed by atoms with Crippen LogP contribution in [0.25, 0.3) is 0 Å². The molecule has 0 fully saturated rings. The molecule has 1 unspecified atom stereocenters. The summed E-state index contributed by atoms with van der Waals surface area (Å²) >= 11 is 0. The van der Waals surface area contributed by atoms with Crippen LogP contribution in [0.5, 0.6) is 0 Å². The van der Waals surface area contributed by atoms with E-state index in [1.165, 1.54) is 10.8 Å².